The van der Waals surface area contributed by atoms with Gasteiger partial charge in [-0.25, -0.2) is 4.79 Å². The summed E-state index contributed by atoms with van der Waals surface area (Å²) < 4.78 is 5.12. The number of hydrogen-bond acceptors (Lipinski definition) is 4. The van der Waals surface area contributed by atoms with E-state index in [1.54, 1.807) is 37.3 Å². The smallest absolute Gasteiger partial charge is 0.341 e. The number of benzene rings is 2. The molecule has 1 N–H and O–H groups in total. The van der Waals surface area contributed by atoms with Gasteiger partial charge in [0.15, 0.2) is 0 Å². The van der Waals surface area contributed by atoms with Crippen molar-refractivity contribution in [1.82, 2.24) is 0 Å². The molecule has 0 saturated heterocycles. The summed E-state index contributed by atoms with van der Waals surface area (Å²) >= 11 is 1.36. The Morgan fingerprint density at radius 3 is 2.28 bits per heavy atom. The third-order valence-electron chi connectivity index (χ3n) is 3.55. The number of anilines is 1. The summed E-state index contributed by atoms with van der Waals surface area (Å²) in [6.07, 6.45) is 0. The minimum absolute atomic E-state index is 0.257. The zero-order chi connectivity index (χ0) is 17.6. The molecule has 0 fully saturated rings. The van der Waals surface area contributed by atoms with Crippen LogP contribution in [-0.4, -0.2) is 18.5 Å². The number of rotatable bonds is 5. The standard InChI is InChI=1S/C20H17NO3S/c1-2-24-20(23)16-13-17(14-9-5-3-6-10-14)25-19(16)21-18(22)15-11-7-4-8-12-15/h3-13H,2H2,1H3,(H,21,22). The summed E-state index contributed by atoms with van der Waals surface area (Å²) in [5.41, 5.74) is 1.89. The summed E-state index contributed by atoms with van der Waals surface area (Å²) in [6, 6.07) is 20.4. The lowest BCUT2D eigenvalue weighted by Crippen LogP contribution is -2.14. The van der Waals surface area contributed by atoms with Crippen molar-refractivity contribution >= 4 is 28.2 Å². The van der Waals surface area contributed by atoms with Gasteiger partial charge in [-0.2, -0.15) is 0 Å². The van der Waals surface area contributed by atoms with Crippen LogP contribution in [0, 0.1) is 0 Å². The van der Waals surface area contributed by atoms with E-state index >= 15 is 0 Å². The van der Waals surface area contributed by atoms with E-state index in [2.05, 4.69) is 5.32 Å². The van der Waals surface area contributed by atoms with Crippen LogP contribution < -0.4 is 5.32 Å². The molecule has 2 aromatic carbocycles. The Morgan fingerprint density at radius 2 is 1.64 bits per heavy atom. The average molecular weight is 351 g/mol. The summed E-state index contributed by atoms with van der Waals surface area (Å²) in [6.45, 7) is 2.03. The second-order valence-electron chi connectivity index (χ2n) is 5.26. The minimum atomic E-state index is -0.440. The minimum Gasteiger partial charge on any atom is -0.462 e. The Labute approximate surface area is 150 Å². The van der Waals surface area contributed by atoms with Gasteiger partial charge in [0, 0.05) is 10.4 Å². The fourth-order valence-corrected chi connectivity index (χ4v) is 3.40. The zero-order valence-corrected chi connectivity index (χ0v) is 14.5. The van der Waals surface area contributed by atoms with Gasteiger partial charge in [-0.3, -0.25) is 4.79 Å². The number of amides is 1. The third-order valence-corrected chi connectivity index (χ3v) is 4.65. The van der Waals surface area contributed by atoms with Gasteiger partial charge in [0.2, 0.25) is 0 Å². The maximum absolute atomic E-state index is 12.4. The van der Waals surface area contributed by atoms with E-state index in [1.807, 2.05) is 36.4 Å². The van der Waals surface area contributed by atoms with Gasteiger partial charge in [0.25, 0.3) is 5.91 Å². The Kier molecular flexibility index (Phi) is 5.26. The highest BCUT2D eigenvalue weighted by Gasteiger charge is 2.20. The van der Waals surface area contributed by atoms with Gasteiger partial charge >= 0.3 is 5.97 Å². The van der Waals surface area contributed by atoms with E-state index in [1.165, 1.54) is 11.3 Å². The molecule has 0 aliphatic heterocycles. The molecule has 0 radical (unpaired) electrons. The highest BCUT2D eigenvalue weighted by atomic mass is 32.1. The Balaban J connectivity index is 1.94. The maximum atomic E-state index is 12.4. The first kappa shape index (κ1) is 16.9. The Bertz CT molecular complexity index is 872. The van der Waals surface area contributed by atoms with Gasteiger partial charge in [0.05, 0.1) is 12.2 Å². The number of nitrogens with one attached hydrogen (secondary N) is 1. The van der Waals surface area contributed by atoms with Crippen LogP contribution in [0.15, 0.2) is 66.7 Å². The van der Waals surface area contributed by atoms with Gasteiger partial charge in [-0.05, 0) is 30.7 Å². The molecule has 0 atom stereocenters. The molecule has 0 bridgehead atoms. The SMILES string of the molecule is CCOC(=O)c1cc(-c2ccccc2)sc1NC(=O)c1ccccc1. The van der Waals surface area contributed by atoms with Crippen LogP contribution in [0.1, 0.15) is 27.6 Å². The van der Waals surface area contributed by atoms with E-state index in [0.717, 1.165) is 10.4 Å². The molecular weight excluding hydrogens is 334 g/mol. The van der Waals surface area contributed by atoms with Crippen LogP contribution in [-0.2, 0) is 4.74 Å². The Hall–Kier alpha value is -2.92. The summed E-state index contributed by atoms with van der Waals surface area (Å²) in [4.78, 5) is 25.6. The largest absolute Gasteiger partial charge is 0.462 e. The molecule has 3 rings (SSSR count). The van der Waals surface area contributed by atoms with Crippen LogP contribution in [0.2, 0.25) is 0 Å². The first-order valence-electron chi connectivity index (χ1n) is 7.92. The average Bonchev–Trinajstić information content (AvgIpc) is 3.07. The summed E-state index contributed by atoms with van der Waals surface area (Å²) in [5, 5.41) is 3.33. The molecule has 0 aliphatic carbocycles. The lowest BCUT2D eigenvalue weighted by Gasteiger charge is -2.06. The van der Waals surface area contributed by atoms with E-state index in [9.17, 15) is 9.59 Å². The van der Waals surface area contributed by atoms with Crippen molar-refractivity contribution < 1.29 is 14.3 Å². The van der Waals surface area contributed by atoms with E-state index < -0.39 is 5.97 Å². The lowest BCUT2D eigenvalue weighted by molar-refractivity contribution is 0.0528. The van der Waals surface area contributed by atoms with Gasteiger partial charge < -0.3 is 10.1 Å². The second kappa shape index (κ2) is 7.77. The predicted octanol–water partition coefficient (Wildman–Crippen LogP) is 4.84. The number of ether oxygens (including phenoxy) is 1. The highest BCUT2D eigenvalue weighted by Crippen LogP contribution is 2.36. The van der Waals surface area contributed by atoms with Crippen molar-refractivity contribution in [3.8, 4) is 10.4 Å². The van der Waals surface area contributed by atoms with Crippen LogP contribution in [0.25, 0.3) is 10.4 Å². The second-order valence-corrected chi connectivity index (χ2v) is 6.31. The van der Waals surface area contributed by atoms with Crippen LogP contribution >= 0.6 is 11.3 Å². The van der Waals surface area contributed by atoms with Crippen LogP contribution in [0.4, 0.5) is 5.00 Å². The molecule has 1 amide bonds. The highest BCUT2D eigenvalue weighted by molar-refractivity contribution is 7.20. The fourth-order valence-electron chi connectivity index (χ4n) is 2.35. The van der Waals surface area contributed by atoms with E-state index in [4.69, 9.17) is 4.74 Å². The molecular formula is C20H17NO3S. The Morgan fingerprint density at radius 1 is 1.00 bits per heavy atom. The first-order valence-corrected chi connectivity index (χ1v) is 8.73. The predicted molar refractivity (Wildman–Crippen MR) is 100 cm³/mol. The third kappa shape index (κ3) is 3.95. The molecule has 126 valence electrons. The van der Waals surface area contributed by atoms with Crippen LogP contribution in [0.5, 0.6) is 0 Å². The zero-order valence-electron chi connectivity index (χ0n) is 13.7. The molecule has 0 unspecified atom stereocenters. The molecule has 1 heterocycles. The molecule has 4 nitrogen and oxygen atoms in total. The molecule has 0 spiro atoms. The number of hydrogen-bond donors (Lipinski definition) is 1. The quantitative estimate of drug-likeness (QED) is 0.669. The number of carbonyl (C=O) groups is 2. The molecule has 25 heavy (non-hydrogen) atoms. The topological polar surface area (TPSA) is 55.4 Å². The molecule has 1 aromatic heterocycles. The van der Waals surface area contributed by atoms with Gasteiger partial charge in [-0.15, -0.1) is 11.3 Å². The fraction of sp³-hybridized carbons (Fsp3) is 0.100. The molecule has 3 aromatic rings. The normalized spacial score (nSPS) is 10.3. The number of carbonyl (C=O) groups excluding carboxylic acids is 2. The summed E-state index contributed by atoms with van der Waals surface area (Å²) in [7, 11) is 0. The first-order chi connectivity index (χ1) is 12.2. The van der Waals surface area contributed by atoms with Crippen molar-refractivity contribution in [3.05, 3.63) is 77.9 Å². The van der Waals surface area contributed by atoms with Crippen molar-refractivity contribution in [3.63, 3.8) is 0 Å². The van der Waals surface area contributed by atoms with Crippen molar-refractivity contribution in [2.45, 2.75) is 6.92 Å². The van der Waals surface area contributed by atoms with E-state index in [-0.39, 0.29) is 12.5 Å². The molecule has 5 heteroatoms. The lowest BCUT2D eigenvalue weighted by atomic mass is 10.1. The van der Waals surface area contributed by atoms with Crippen molar-refractivity contribution in [2.75, 3.05) is 11.9 Å². The van der Waals surface area contributed by atoms with Crippen molar-refractivity contribution in [2.24, 2.45) is 0 Å². The number of esters is 1. The van der Waals surface area contributed by atoms with Crippen molar-refractivity contribution in [1.29, 1.82) is 0 Å². The summed E-state index contributed by atoms with van der Waals surface area (Å²) in [5.74, 6) is -0.697. The number of thiophene rings is 1. The molecule has 0 saturated carbocycles. The van der Waals surface area contributed by atoms with Crippen LogP contribution in [0.3, 0.4) is 0 Å². The maximum Gasteiger partial charge on any atom is 0.341 e. The monoisotopic (exact) mass is 351 g/mol. The van der Waals surface area contributed by atoms with Gasteiger partial charge in [-0.1, -0.05) is 48.5 Å². The molecule has 0 aliphatic rings. The van der Waals surface area contributed by atoms with Gasteiger partial charge in [0.1, 0.15) is 5.00 Å². The van der Waals surface area contributed by atoms with E-state index in [0.29, 0.717) is 16.1 Å².